The Morgan fingerprint density at radius 1 is 1.12 bits per heavy atom. The maximum absolute atomic E-state index is 13.1. The number of amides is 1. The lowest BCUT2D eigenvalue weighted by atomic mass is 9.96. The van der Waals surface area contributed by atoms with Crippen molar-refractivity contribution in [1.82, 2.24) is 19.5 Å². The molecule has 2 aromatic heterocycles. The van der Waals surface area contributed by atoms with Gasteiger partial charge in [0.1, 0.15) is 17.3 Å². The van der Waals surface area contributed by atoms with Crippen LogP contribution in [0.2, 0.25) is 0 Å². The minimum absolute atomic E-state index is 0.00262. The molecule has 0 N–H and O–H groups in total. The number of ether oxygens (including phenoxy) is 2. The number of alkyl halides is 3. The molecular formula is C23H25F3N4O3. The van der Waals surface area contributed by atoms with E-state index in [0.29, 0.717) is 49.8 Å². The molecule has 3 heterocycles. The molecule has 0 aliphatic carbocycles. The predicted molar refractivity (Wildman–Crippen MR) is 114 cm³/mol. The van der Waals surface area contributed by atoms with Gasteiger partial charge < -0.3 is 14.4 Å². The largest absolute Gasteiger partial charge is 0.497 e. The lowest BCUT2D eigenvalue weighted by Crippen LogP contribution is -2.39. The van der Waals surface area contributed by atoms with E-state index in [-0.39, 0.29) is 11.8 Å². The van der Waals surface area contributed by atoms with Crippen molar-refractivity contribution in [2.24, 2.45) is 0 Å². The first-order valence-electron chi connectivity index (χ1n) is 10.8. The molecule has 4 rings (SSSR count). The molecule has 7 nitrogen and oxygen atoms in total. The zero-order valence-electron chi connectivity index (χ0n) is 18.2. The number of carbonyl (C=O) groups excluding carboxylic acids is 1. The summed E-state index contributed by atoms with van der Waals surface area (Å²) in [6, 6.07) is 9.54. The second-order valence-corrected chi connectivity index (χ2v) is 8.01. The first-order chi connectivity index (χ1) is 15.8. The number of halogens is 3. The van der Waals surface area contributed by atoms with Gasteiger partial charge in [-0.25, -0.2) is 0 Å². The molecule has 1 aliphatic rings. The zero-order valence-corrected chi connectivity index (χ0v) is 18.2. The van der Waals surface area contributed by atoms with Crippen molar-refractivity contribution in [2.75, 3.05) is 26.8 Å². The minimum atomic E-state index is -4.45. The molecule has 176 valence electrons. The Bertz CT molecular complexity index is 1100. The molecule has 0 radical (unpaired) electrons. The van der Waals surface area contributed by atoms with E-state index >= 15 is 0 Å². The van der Waals surface area contributed by atoms with E-state index in [0.717, 1.165) is 30.9 Å². The van der Waals surface area contributed by atoms with Crippen LogP contribution in [-0.2, 0) is 11.0 Å². The van der Waals surface area contributed by atoms with Crippen molar-refractivity contribution in [3.05, 3.63) is 54.0 Å². The van der Waals surface area contributed by atoms with Crippen LogP contribution in [0, 0.1) is 0 Å². The number of pyridine rings is 1. The van der Waals surface area contributed by atoms with E-state index in [4.69, 9.17) is 9.47 Å². The average molecular weight is 462 g/mol. The molecular weight excluding hydrogens is 437 g/mol. The van der Waals surface area contributed by atoms with Gasteiger partial charge in [-0.3, -0.25) is 9.20 Å². The van der Waals surface area contributed by atoms with Crippen LogP contribution in [0.5, 0.6) is 11.5 Å². The van der Waals surface area contributed by atoms with Gasteiger partial charge in [0.2, 0.25) is 5.91 Å². The highest BCUT2D eigenvalue weighted by molar-refractivity contribution is 5.76. The summed E-state index contributed by atoms with van der Waals surface area (Å²) < 4.78 is 51.6. The fourth-order valence-electron chi connectivity index (χ4n) is 4.01. The first kappa shape index (κ1) is 22.9. The maximum atomic E-state index is 13.1. The summed E-state index contributed by atoms with van der Waals surface area (Å²) in [5, 5.41) is 8.14. The topological polar surface area (TPSA) is 69.0 Å². The molecule has 33 heavy (non-hydrogen) atoms. The second kappa shape index (κ2) is 9.68. The molecule has 1 unspecified atom stereocenters. The molecule has 0 bridgehead atoms. The average Bonchev–Trinajstić information content (AvgIpc) is 3.25. The Morgan fingerprint density at radius 3 is 2.61 bits per heavy atom. The number of rotatable bonds is 7. The molecule has 1 fully saturated rings. The number of carbonyl (C=O) groups is 1. The van der Waals surface area contributed by atoms with E-state index in [1.165, 1.54) is 10.5 Å². The SMILES string of the molecule is COc1ccc(OCCCC(=O)N2CCCC(c3nnc4ccc(C(F)(F)F)cn34)C2)cc1. The van der Waals surface area contributed by atoms with Crippen LogP contribution >= 0.6 is 0 Å². The molecule has 10 heteroatoms. The quantitative estimate of drug-likeness (QED) is 0.489. The molecule has 1 aromatic carbocycles. The highest BCUT2D eigenvalue weighted by Gasteiger charge is 2.32. The Morgan fingerprint density at radius 2 is 1.88 bits per heavy atom. The van der Waals surface area contributed by atoms with Crippen molar-refractivity contribution in [3.63, 3.8) is 0 Å². The monoisotopic (exact) mass is 462 g/mol. The fourth-order valence-corrected chi connectivity index (χ4v) is 4.01. The number of hydrogen-bond acceptors (Lipinski definition) is 5. The maximum Gasteiger partial charge on any atom is 0.417 e. The van der Waals surface area contributed by atoms with Crippen molar-refractivity contribution in [3.8, 4) is 11.5 Å². The molecule has 0 saturated carbocycles. The van der Waals surface area contributed by atoms with Crippen molar-refractivity contribution in [2.45, 2.75) is 37.8 Å². The number of aromatic nitrogens is 3. The molecule has 1 aliphatic heterocycles. The summed E-state index contributed by atoms with van der Waals surface area (Å²) in [5.41, 5.74) is -0.395. The Balaban J connectivity index is 1.33. The van der Waals surface area contributed by atoms with Gasteiger partial charge in [-0.05, 0) is 55.7 Å². The standard InChI is InChI=1S/C23H25F3N4O3/c1-32-18-7-9-19(10-8-18)33-13-3-5-21(31)29-12-2-4-16(14-29)22-28-27-20-11-6-17(15-30(20)22)23(24,25)26/h6-11,15-16H,2-5,12-14H2,1H3. The lowest BCUT2D eigenvalue weighted by Gasteiger charge is -2.32. The van der Waals surface area contributed by atoms with Gasteiger partial charge in [0.15, 0.2) is 5.65 Å². The van der Waals surface area contributed by atoms with E-state index in [2.05, 4.69) is 10.2 Å². The van der Waals surface area contributed by atoms with Crippen LogP contribution in [0.3, 0.4) is 0 Å². The number of methoxy groups -OCH3 is 1. The first-order valence-corrected chi connectivity index (χ1v) is 10.8. The molecule has 1 amide bonds. The summed E-state index contributed by atoms with van der Waals surface area (Å²) in [6.45, 7) is 1.44. The smallest absolute Gasteiger partial charge is 0.417 e. The third-order valence-electron chi connectivity index (χ3n) is 5.76. The van der Waals surface area contributed by atoms with Crippen molar-refractivity contribution >= 4 is 11.6 Å². The number of benzene rings is 1. The van der Waals surface area contributed by atoms with E-state index < -0.39 is 11.7 Å². The summed E-state index contributed by atoms with van der Waals surface area (Å²) >= 11 is 0. The lowest BCUT2D eigenvalue weighted by molar-refractivity contribution is -0.137. The minimum Gasteiger partial charge on any atom is -0.497 e. The summed E-state index contributed by atoms with van der Waals surface area (Å²) in [4.78, 5) is 14.5. The molecule has 1 atom stereocenters. The highest BCUT2D eigenvalue weighted by atomic mass is 19.4. The van der Waals surface area contributed by atoms with E-state index in [1.807, 2.05) is 12.1 Å². The van der Waals surface area contributed by atoms with Crippen LogP contribution in [0.25, 0.3) is 5.65 Å². The second-order valence-electron chi connectivity index (χ2n) is 8.01. The number of likely N-dealkylation sites (tertiary alicyclic amines) is 1. The van der Waals surface area contributed by atoms with Crippen molar-refractivity contribution < 1.29 is 27.4 Å². The van der Waals surface area contributed by atoms with Crippen LogP contribution in [0.4, 0.5) is 13.2 Å². The zero-order chi connectivity index (χ0) is 23.4. The third kappa shape index (κ3) is 5.37. The Labute approximate surface area is 189 Å². The van der Waals surface area contributed by atoms with Gasteiger partial charge in [0.05, 0.1) is 19.3 Å². The fraction of sp³-hybridized carbons (Fsp3) is 0.435. The number of nitrogens with zero attached hydrogens (tertiary/aromatic N) is 4. The van der Waals surface area contributed by atoms with Gasteiger partial charge in [-0.1, -0.05) is 0 Å². The summed E-state index contributed by atoms with van der Waals surface area (Å²) in [5.74, 6) is 1.74. The Kier molecular flexibility index (Phi) is 6.71. The normalized spacial score (nSPS) is 16.7. The van der Waals surface area contributed by atoms with E-state index in [9.17, 15) is 18.0 Å². The van der Waals surface area contributed by atoms with Crippen LogP contribution in [0.15, 0.2) is 42.6 Å². The molecule has 1 saturated heterocycles. The number of piperidine rings is 1. The van der Waals surface area contributed by atoms with Crippen LogP contribution < -0.4 is 9.47 Å². The van der Waals surface area contributed by atoms with Crippen molar-refractivity contribution in [1.29, 1.82) is 0 Å². The van der Waals surface area contributed by atoms with Gasteiger partial charge in [-0.15, -0.1) is 10.2 Å². The third-order valence-corrected chi connectivity index (χ3v) is 5.76. The van der Waals surface area contributed by atoms with Gasteiger partial charge in [0.25, 0.3) is 0 Å². The van der Waals surface area contributed by atoms with Crippen LogP contribution in [0.1, 0.15) is 43.0 Å². The van der Waals surface area contributed by atoms with E-state index in [1.54, 1.807) is 24.1 Å². The van der Waals surface area contributed by atoms with Gasteiger partial charge >= 0.3 is 6.18 Å². The predicted octanol–water partition coefficient (Wildman–Crippen LogP) is 4.32. The number of fused-ring (bicyclic) bond motifs is 1. The highest BCUT2D eigenvalue weighted by Crippen LogP contribution is 2.31. The van der Waals surface area contributed by atoms with Crippen LogP contribution in [-0.4, -0.2) is 52.2 Å². The summed E-state index contributed by atoms with van der Waals surface area (Å²) in [7, 11) is 1.60. The van der Waals surface area contributed by atoms with Gasteiger partial charge in [0, 0.05) is 31.6 Å². The molecule has 3 aromatic rings. The number of hydrogen-bond donors (Lipinski definition) is 0. The van der Waals surface area contributed by atoms with Gasteiger partial charge in [-0.2, -0.15) is 13.2 Å². The summed E-state index contributed by atoms with van der Waals surface area (Å²) in [6.07, 6.45) is -1.02. The molecule has 0 spiro atoms. The Hall–Kier alpha value is -3.30.